The van der Waals surface area contributed by atoms with Gasteiger partial charge in [0.05, 0.1) is 24.5 Å². The van der Waals surface area contributed by atoms with Crippen molar-refractivity contribution in [3.05, 3.63) is 46.0 Å². The van der Waals surface area contributed by atoms with E-state index in [1.807, 2.05) is 13.8 Å². The van der Waals surface area contributed by atoms with Crippen molar-refractivity contribution < 1.29 is 44.0 Å². The van der Waals surface area contributed by atoms with E-state index in [2.05, 4.69) is 59.1 Å². The van der Waals surface area contributed by atoms with Gasteiger partial charge < -0.3 is 30.7 Å². The molecule has 5 N–H and O–H groups in total. The van der Waals surface area contributed by atoms with Crippen LogP contribution in [0.5, 0.6) is 0 Å². The van der Waals surface area contributed by atoms with Crippen molar-refractivity contribution >= 4 is 41.1 Å². The summed E-state index contributed by atoms with van der Waals surface area (Å²) in [5.41, 5.74) is -1.51. The van der Waals surface area contributed by atoms with E-state index in [0.29, 0.717) is 29.7 Å². The summed E-state index contributed by atoms with van der Waals surface area (Å²) >= 11 is 5.99. The molecule has 0 heterocycles. The summed E-state index contributed by atoms with van der Waals surface area (Å²) in [6.07, 6.45) is 6.14. The number of Topliss-reactive ketones (excluding diaryl/α,β-unsaturated/α-hetero) is 1. The fourth-order valence-corrected chi connectivity index (χ4v) is 15.0. The van der Waals surface area contributed by atoms with Gasteiger partial charge in [0.2, 0.25) is 5.91 Å². The molecule has 0 saturated heterocycles. The lowest BCUT2D eigenvalue weighted by molar-refractivity contribution is -0.238. The fourth-order valence-electron chi connectivity index (χ4n) is 14.9. The van der Waals surface area contributed by atoms with Crippen molar-refractivity contribution in [1.29, 1.82) is 0 Å². The second kappa shape index (κ2) is 15.7. The van der Waals surface area contributed by atoms with Crippen molar-refractivity contribution in [2.24, 2.45) is 68.0 Å². The number of hydrogen-bond acceptors (Lipinski definition) is 8. The molecule has 5 fully saturated rings. The van der Waals surface area contributed by atoms with Crippen molar-refractivity contribution in [3.8, 4) is 0 Å². The Morgan fingerprint density at radius 3 is 2.13 bits per heavy atom. The van der Waals surface area contributed by atoms with Gasteiger partial charge in [-0.15, -0.1) is 0 Å². The van der Waals surface area contributed by atoms with E-state index in [-0.39, 0.29) is 69.9 Å². The number of esters is 1. The van der Waals surface area contributed by atoms with Gasteiger partial charge >= 0.3 is 11.9 Å². The number of benzene rings is 1. The van der Waals surface area contributed by atoms with Crippen molar-refractivity contribution in [2.75, 3.05) is 13.2 Å². The summed E-state index contributed by atoms with van der Waals surface area (Å²) < 4.78 is 6.40. The first-order chi connectivity index (χ1) is 28.7. The highest BCUT2D eigenvalue weighted by Gasteiger charge is 2.71. The van der Waals surface area contributed by atoms with Crippen LogP contribution in [0.15, 0.2) is 35.4 Å². The Hall–Kier alpha value is -3.28. The van der Waals surface area contributed by atoms with E-state index in [9.17, 15) is 39.3 Å². The first kappa shape index (κ1) is 46.7. The molecule has 2 amide bonds. The van der Waals surface area contributed by atoms with Crippen LogP contribution in [0, 0.1) is 68.0 Å². The van der Waals surface area contributed by atoms with Gasteiger partial charge in [-0.3, -0.25) is 24.0 Å². The minimum Gasteiger partial charge on any atom is -0.481 e. The third kappa shape index (κ3) is 6.90. The highest BCUT2D eigenvalue weighted by Crippen LogP contribution is 2.77. The van der Waals surface area contributed by atoms with Gasteiger partial charge in [0.25, 0.3) is 5.91 Å². The zero-order valence-electron chi connectivity index (χ0n) is 38.6. The van der Waals surface area contributed by atoms with Crippen LogP contribution in [0.2, 0.25) is 5.02 Å². The third-order valence-corrected chi connectivity index (χ3v) is 19.2. The number of carboxylic acids is 1. The number of carbonyl (C=O) groups excluding carboxylic acids is 4. The summed E-state index contributed by atoms with van der Waals surface area (Å²) in [7, 11) is 0. The van der Waals surface area contributed by atoms with E-state index >= 15 is 0 Å². The summed E-state index contributed by atoms with van der Waals surface area (Å²) in [5.74, 6) is -2.48. The van der Waals surface area contributed by atoms with Crippen LogP contribution >= 0.6 is 11.6 Å². The SMILES string of the molecule is CC(C)C1=C2[C@H]3CC[C@@H]4[C@@]5(C)CC[C@H](OC(=O)[C@H]6C[C@@H](C(=O)O)C6(C)C)C(C)(C)[C@@H]5CC[C@@]4(C)[C@]3(C)CC[C@@]2([C@@H](O)CNC(=O)C(C)(CO)NC(=O)c2ccc(Cl)cc2)CC1=O. The number of fused-ring (bicyclic) bond motifs is 7. The van der Waals surface area contributed by atoms with Gasteiger partial charge in [0.15, 0.2) is 5.78 Å². The Bertz CT molecular complexity index is 2050. The molecule has 6 aliphatic rings. The summed E-state index contributed by atoms with van der Waals surface area (Å²) in [5, 5.41) is 38.3. The second-order valence-corrected chi connectivity index (χ2v) is 23.3. The number of carboxylic acid groups (broad SMARTS) is 1. The number of ketones is 1. The van der Waals surface area contributed by atoms with Crippen LogP contribution in [0.4, 0.5) is 0 Å². The Balaban J connectivity index is 1.10. The normalized spacial score (nSPS) is 38.3. The number of nitrogens with one attached hydrogen (secondary N) is 2. The molecule has 0 bridgehead atoms. The van der Waals surface area contributed by atoms with Crippen molar-refractivity contribution in [3.63, 3.8) is 0 Å². The van der Waals surface area contributed by atoms with E-state index in [1.54, 1.807) is 12.1 Å². The molecular weight excluding hydrogens is 808 g/mol. The van der Waals surface area contributed by atoms with E-state index in [4.69, 9.17) is 16.3 Å². The number of ether oxygens (including phenoxy) is 1. The van der Waals surface area contributed by atoms with Gasteiger partial charge in [-0.05, 0) is 140 Å². The quantitative estimate of drug-likeness (QED) is 0.138. The number of amides is 2. The molecule has 7 rings (SSSR count). The summed E-state index contributed by atoms with van der Waals surface area (Å²) in [4.78, 5) is 66.5. The number of carbonyl (C=O) groups is 5. The summed E-state index contributed by atoms with van der Waals surface area (Å²) in [6, 6.07) is 6.21. The Labute approximate surface area is 372 Å². The zero-order valence-corrected chi connectivity index (χ0v) is 39.3. The predicted octanol–water partition coefficient (Wildman–Crippen LogP) is 7.94. The maximum Gasteiger partial charge on any atom is 0.309 e. The molecule has 5 saturated carbocycles. The highest BCUT2D eigenvalue weighted by atomic mass is 35.5. The molecular formula is C50H71ClN2O9. The van der Waals surface area contributed by atoms with Crippen LogP contribution in [-0.2, 0) is 23.9 Å². The number of allylic oxidation sites excluding steroid dienone is 1. The van der Waals surface area contributed by atoms with E-state index < -0.39 is 58.7 Å². The first-order valence-electron chi connectivity index (χ1n) is 23.1. The predicted molar refractivity (Wildman–Crippen MR) is 236 cm³/mol. The summed E-state index contributed by atoms with van der Waals surface area (Å²) in [6.45, 7) is 20.4. The highest BCUT2D eigenvalue weighted by molar-refractivity contribution is 6.30. The number of halogens is 1. The minimum atomic E-state index is -1.68. The molecule has 1 aromatic carbocycles. The van der Waals surface area contributed by atoms with Crippen LogP contribution in [-0.4, -0.2) is 75.8 Å². The average molecular weight is 880 g/mol. The Morgan fingerprint density at radius 2 is 1.53 bits per heavy atom. The van der Waals surface area contributed by atoms with Gasteiger partial charge in [-0.2, -0.15) is 0 Å². The molecule has 6 aliphatic carbocycles. The Kier molecular flexibility index (Phi) is 11.8. The van der Waals surface area contributed by atoms with Crippen LogP contribution in [0.3, 0.4) is 0 Å². The first-order valence-corrected chi connectivity index (χ1v) is 23.5. The van der Waals surface area contributed by atoms with Gasteiger partial charge in [0.1, 0.15) is 11.6 Å². The topological polar surface area (TPSA) is 179 Å². The molecule has 0 spiro atoms. The van der Waals surface area contributed by atoms with Gasteiger partial charge in [0, 0.05) is 34.4 Å². The molecule has 12 atom stereocenters. The molecule has 11 nitrogen and oxygen atoms in total. The minimum absolute atomic E-state index is 0.0149. The van der Waals surface area contributed by atoms with Crippen LogP contribution < -0.4 is 10.6 Å². The lowest BCUT2D eigenvalue weighted by Crippen LogP contribution is -2.66. The molecule has 0 aliphatic heterocycles. The number of rotatable bonds is 11. The number of aliphatic hydroxyl groups excluding tert-OH is 2. The van der Waals surface area contributed by atoms with E-state index in [0.717, 1.165) is 56.1 Å². The van der Waals surface area contributed by atoms with Crippen LogP contribution in [0.1, 0.15) is 144 Å². The van der Waals surface area contributed by atoms with E-state index in [1.165, 1.54) is 19.1 Å². The van der Waals surface area contributed by atoms with Crippen molar-refractivity contribution in [1.82, 2.24) is 10.6 Å². The number of hydrogen-bond donors (Lipinski definition) is 5. The maximum atomic E-state index is 14.2. The molecule has 62 heavy (non-hydrogen) atoms. The average Bonchev–Trinajstić information content (AvgIpc) is 3.50. The maximum absolute atomic E-state index is 14.2. The number of aliphatic carboxylic acids is 1. The van der Waals surface area contributed by atoms with Crippen molar-refractivity contribution in [2.45, 2.75) is 151 Å². The Morgan fingerprint density at radius 1 is 0.871 bits per heavy atom. The lowest BCUT2D eigenvalue weighted by atomic mass is 9.33. The third-order valence-electron chi connectivity index (χ3n) is 18.9. The largest absolute Gasteiger partial charge is 0.481 e. The lowest BCUT2D eigenvalue weighted by Gasteiger charge is -2.72. The molecule has 0 radical (unpaired) electrons. The monoisotopic (exact) mass is 878 g/mol. The fraction of sp³-hybridized carbons (Fsp3) is 0.740. The van der Waals surface area contributed by atoms with Gasteiger partial charge in [-0.25, -0.2) is 0 Å². The van der Waals surface area contributed by atoms with Crippen LogP contribution in [0.25, 0.3) is 0 Å². The smallest absolute Gasteiger partial charge is 0.309 e. The molecule has 1 aromatic rings. The standard InChI is InChI=1S/C50H71ClN2O9/c1-27(2)38-33(55)24-50(36(56)25-52-43(61)49(10,26-54)53-40(57)28-11-13-29(51)14-12-28)22-21-47(8)30(39(38)50)15-16-35-46(7)19-18-37(45(5,6)34(46)17-20-48(35,47)9)62-42(60)32-23-31(41(58)59)44(32,3)4/h11-14,27,30-32,34-37,54,56H,15-26H2,1-10H3,(H,52,61)(H,53,57)(H,58,59)/t30-,31+,32-,34+,35-,36+,37+,46+,47-,48-,49?,50+/m1/s1. The molecule has 0 aromatic heterocycles. The number of aliphatic hydroxyl groups is 2. The molecule has 1 unspecified atom stereocenters. The molecule has 12 heteroatoms. The zero-order chi connectivity index (χ0) is 45.7. The second-order valence-electron chi connectivity index (χ2n) is 22.8. The molecule has 342 valence electrons. The van der Waals surface area contributed by atoms with Gasteiger partial charge in [-0.1, -0.05) is 79.5 Å².